The summed E-state index contributed by atoms with van der Waals surface area (Å²) < 4.78 is 9.30. The van der Waals surface area contributed by atoms with Crippen LogP contribution in [0.25, 0.3) is 0 Å². The van der Waals surface area contributed by atoms with Crippen LogP contribution >= 0.6 is 31.9 Å². The van der Waals surface area contributed by atoms with E-state index in [0.717, 1.165) is 33.3 Å². The van der Waals surface area contributed by atoms with E-state index in [0.29, 0.717) is 0 Å². The molecule has 1 heterocycles. The molecule has 0 bridgehead atoms. The van der Waals surface area contributed by atoms with Gasteiger partial charge in [-0.15, -0.1) is 0 Å². The van der Waals surface area contributed by atoms with Crippen molar-refractivity contribution in [2.45, 2.75) is 20.0 Å². The molecule has 0 aliphatic rings. The second-order valence-electron chi connectivity index (χ2n) is 4.56. The van der Waals surface area contributed by atoms with Crippen molar-refractivity contribution in [2.75, 3.05) is 7.11 Å². The van der Waals surface area contributed by atoms with Crippen LogP contribution in [0.1, 0.15) is 16.8 Å². The lowest BCUT2D eigenvalue weighted by Crippen LogP contribution is -2.14. The van der Waals surface area contributed by atoms with E-state index in [-0.39, 0.29) is 0 Å². The predicted molar refractivity (Wildman–Crippen MR) is 86.9 cm³/mol. The Bertz CT molecular complexity index is 611. The summed E-state index contributed by atoms with van der Waals surface area (Å²) in [5.41, 5.74) is 3.50. The molecular weight excluding hydrogens is 386 g/mol. The number of methoxy groups -OCH3 is 1. The third-order valence-electron chi connectivity index (χ3n) is 3.26. The molecule has 0 aliphatic carbocycles. The van der Waals surface area contributed by atoms with Crippen molar-refractivity contribution >= 4 is 31.9 Å². The number of hydrogen-bond acceptors (Lipinski definition) is 3. The summed E-state index contributed by atoms with van der Waals surface area (Å²) in [6.07, 6.45) is 1.90. The van der Waals surface area contributed by atoms with E-state index >= 15 is 0 Å². The van der Waals surface area contributed by atoms with Gasteiger partial charge in [-0.05, 0) is 35.0 Å². The van der Waals surface area contributed by atoms with Gasteiger partial charge in [-0.3, -0.25) is 4.68 Å². The molecule has 0 amide bonds. The van der Waals surface area contributed by atoms with Crippen LogP contribution in [-0.4, -0.2) is 16.9 Å². The summed E-state index contributed by atoms with van der Waals surface area (Å²) in [7, 11) is 3.63. The third-order valence-corrected chi connectivity index (χ3v) is 4.30. The molecule has 6 heteroatoms. The summed E-state index contributed by atoms with van der Waals surface area (Å²) in [6.45, 7) is 3.59. The number of ether oxygens (including phenoxy) is 1. The average Bonchev–Trinajstić information content (AvgIpc) is 2.70. The SMILES string of the molecule is COc1c(Br)cc(Br)cc1CNCc1cnn(C)c1C. The van der Waals surface area contributed by atoms with Gasteiger partial charge < -0.3 is 10.1 Å². The monoisotopic (exact) mass is 401 g/mol. The molecule has 0 spiro atoms. The average molecular weight is 403 g/mol. The highest BCUT2D eigenvalue weighted by molar-refractivity contribution is 9.11. The van der Waals surface area contributed by atoms with Crippen LogP contribution in [0.5, 0.6) is 5.75 Å². The van der Waals surface area contributed by atoms with E-state index < -0.39 is 0 Å². The fraction of sp³-hybridized carbons (Fsp3) is 0.357. The zero-order valence-corrected chi connectivity index (χ0v) is 14.9. The molecule has 20 heavy (non-hydrogen) atoms. The van der Waals surface area contributed by atoms with Gasteiger partial charge in [-0.1, -0.05) is 15.9 Å². The smallest absolute Gasteiger partial charge is 0.137 e. The molecule has 1 aromatic carbocycles. The van der Waals surface area contributed by atoms with Gasteiger partial charge in [0.1, 0.15) is 5.75 Å². The molecular formula is C14H17Br2N3O. The highest BCUT2D eigenvalue weighted by Crippen LogP contribution is 2.32. The minimum Gasteiger partial charge on any atom is -0.495 e. The second kappa shape index (κ2) is 6.74. The Kier molecular flexibility index (Phi) is 5.23. The molecule has 0 atom stereocenters. The minimum atomic E-state index is 0.732. The summed E-state index contributed by atoms with van der Waals surface area (Å²) in [6, 6.07) is 4.04. The first kappa shape index (κ1) is 15.5. The van der Waals surface area contributed by atoms with Gasteiger partial charge in [0.05, 0.1) is 17.8 Å². The molecule has 0 aliphatic heterocycles. The van der Waals surface area contributed by atoms with Gasteiger partial charge in [-0.25, -0.2) is 0 Å². The number of halogens is 2. The van der Waals surface area contributed by atoms with E-state index in [1.54, 1.807) is 7.11 Å². The molecule has 0 unspecified atom stereocenters. The Hall–Kier alpha value is -0.850. The highest BCUT2D eigenvalue weighted by Gasteiger charge is 2.09. The molecule has 0 saturated heterocycles. The van der Waals surface area contributed by atoms with Gasteiger partial charge in [0.15, 0.2) is 0 Å². The van der Waals surface area contributed by atoms with Crippen molar-refractivity contribution in [3.05, 3.63) is 44.1 Å². The van der Waals surface area contributed by atoms with Gasteiger partial charge in [0.25, 0.3) is 0 Å². The topological polar surface area (TPSA) is 39.1 Å². The van der Waals surface area contributed by atoms with E-state index in [2.05, 4.69) is 55.3 Å². The lowest BCUT2D eigenvalue weighted by molar-refractivity contribution is 0.405. The second-order valence-corrected chi connectivity index (χ2v) is 6.33. The lowest BCUT2D eigenvalue weighted by Gasteiger charge is -2.12. The predicted octanol–water partition coefficient (Wildman–Crippen LogP) is 3.55. The van der Waals surface area contributed by atoms with Crippen LogP contribution in [0.3, 0.4) is 0 Å². The zero-order valence-electron chi connectivity index (χ0n) is 11.7. The van der Waals surface area contributed by atoms with Gasteiger partial charge in [-0.2, -0.15) is 5.10 Å². The summed E-state index contributed by atoms with van der Waals surface area (Å²) in [5.74, 6) is 0.864. The Labute approximate surface area is 135 Å². The standard InChI is InChI=1S/C14H17Br2N3O/c1-9-11(8-18-19(9)2)7-17-6-10-4-12(15)5-13(16)14(10)20-3/h4-5,8,17H,6-7H2,1-3H3. The van der Waals surface area contributed by atoms with Gasteiger partial charge in [0, 0.05) is 41.4 Å². The molecule has 4 nitrogen and oxygen atoms in total. The molecule has 0 radical (unpaired) electrons. The molecule has 0 saturated carbocycles. The number of benzene rings is 1. The van der Waals surface area contributed by atoms with E-state index in [1.807, 2.05) is 24.0 Å². The van der Waals surface area contributed by atoms with E-state index in [9.17, 15) is 0 Å². The Morgan fingerprint density at radius 2 is 1.95 bits per heavy atom. The van der Waals surface area contributed by atoms with Gasteiger partial charge in [0.2, 0.25) is 0 Å². The van der Waals surface area contributed by atoms with Crippen LogP contribution in [0.15, 0.2) is 27.3 Å². The number of rotatable bonds is 5. The maximum Gasteiger partial charge on any atom is 0.137 e. The molecule has 1 aromatic heterocycles. The number of nitrogens with zero attached hydrogens (tertiary/aromatic N) is 2. The van der Waals surface area contributed by atoms with Crippen LogP contribution in [-0.2, 0) is 20.1 Å². The molecule has 2 rings (SSSR count). The first-order valence-electron chi connectivity index (χ1n) is 6.23. The summed E-state index contributed by atoms with van der Waals surface area (Å²) >= 11 is 7.02. The Balaban J connectivity index is 2.06. The van der Waals surface area contributed by atoms with Gasteiger partial charge >= 0.3 is 0 Å². The quantitative estimate of drug-likeness (QED) is 0.831. The molecule has 1 N–H and O–H groups in total. The van der Waals surface area contributed by atoms with E-state index in [1.165, 1.54) is 11.3 Å². The molecule has 0 fully saturated rings. The van der Waals surface area contributed by atoms with Crippen molar-refractivity contribution < 1.29 is 4.74 Å². The fourth-order valence-electron chi connectivity index (χ4n) is 2.02. The van der Waals surface area contributed by atoms with Crippen LogP contribution < -0.4 is 10.1 Å². The number of aromatic nitrogens is 2. The largest absolute Gasteiger partial charge is 0.495 e. The first-order valence-corrected chi connectivity index (χ1v) is 7.81. The fourth-order valence-corrected chi connectivity index (χ4v) is 3.50. The van der Waals surface area contributed by atoms with E-state index in [4.69, 9.17) is 4.74 Å². The minimum absolute atomic E-state index is 0.732. The van der Waals surface area contributed by atoms with Crippen LogP contribution in [0.4, 0.5) is 0 Å². The maximum absolute atomic E-state index is 5.44. The number of hydrogen-bond donors (Lipinski definition) is 1. The normalized spacial score (nSPS) is 10.8. The number of nitrogens with one attached hydrogen (secondary N) is 1. The van der Waals surface area contributed by atoms with Crippen molar-refractivity contribution in [3.8, 4) is 5.75 Å². The zero-order chi connectivity index (χ0) is 14.7. The highest BCUT2D eigenvalue weighted by atomic mass is 79.9. The Morgan fingerprint density at radius 1 is 1.25 bits per heavy atom. The Morgan fingerprint density at radius 3 is 2.55 bits per heavy atom. The lowest BCUT2D eigenvalue weighted by atomic mass is 10.2. The van der Waals surface area contributed by atoms with Crippen molar-refractivity contribution in [3.63, 3.8) is 0 Å². The number of aryl methyl sites for hydroxylation is 1. The molecule has 2 aromatic rings. The van der Waals surface area contributed by atoms with Crippen LogP contribution in [0.2, 0.25) is 0 Å². The van der Waals surface area contributed by atoms with Crippen molar-refractivity contribution in [2.24, 2.45) is 7.05 Å². The summed E-state index contributed by atoms with van der Waals surface area (Å²) in [4.78, 5) is 0. The van der Waals surface area contributed by atoms with Crippen LogP contribution in [0, 0.1) is 6.92 Å². The van der Waals surface area contributed by atoms with Crippen molar-refractivity contribution in [1.29, 1.82) is 0 Å². The summed E-state index contributed by atoms with van der Waals surface area (Å²) in [5, 5.41) is 7.67. The van der Waals surface area contributed by atoms with Crippen molar-refractivity contribution in [1.82, 2.24) is 15.1 Å². The molecule has 108 valence electrons. The first-order chi connectivity index (χ1) is 9.52. The maximum atomic E-state index is 5.44. The third kappa shape index (κ3) is 3.42.